The van der Waals surface area contributed by atoms with Crippen LogP contribution < -0.4 is 0 Å². The Morgan fingerprint density at radius 3 is 2.25 bits per heavy atom. The number of nitrogens with zero attached hydrogens (tertiary/aromatic N) is 3. The molecule has 12 heavy (non-hydrogen) atoms. The van der Waals surface area contributed by atoms with Crippen LogP contribution in [0.15, 0.2) is 5.10 Å². The van der Waals surface area contributed by atoms with Crippen LogP contribution in [-0.2, 0) is 9.59 Å². The molecule has 5 heteroatoms. The Morgan fingerprint density at radius 2 is 2.00 bits per heavy atom. The Hall–Kier alpha value is -1.39. The Labute approximate surface area is 70.6 Å². The molecule has 1 rings (SSSR count). The van der Waals surface area contributed by atoms with E-state index in [2.05, 4.69) is 5.10 Å². The molecule has 0 N–H and O–H groups in total. The molecule has 0 radical (unpaired) electrons. The number of likely N-dealkylation sites (N-methyl/N-ethyl adjacent to an activating group) is 2. The molecule has 1 amide bonds. The topological polar surface area (TPSA) is 53.0 Å². The highest BCUT2D eigenvalue weighted by atomic mass is 16.2. The van der Waals surface area contributed by atoms with Crippen LogP contribution in [0.1, 0.15) is 6.92 Å². The van der Waals surface area contributed by atoms with E-state index in [9.17, 15) is 9.59 Å². The summed E-state index contributed by atoms with van der Waals surface area (Å²) in [6.07, 6.45) is 0. The summed E-state index contributed by atoms with van der Waals surface area (Å²) in [7, 11) is 3.37. The third-order valence-electron chi connectivity index (χ3n) is 1.57. The van der Waals surface area contributed by atoms with Gasteiger partial charge in [-0.05, 0) is 6.92 Å². The largest absolute Gasteiger partial charge is 0.358 e. The summed E-state index contributed by atoms with van der Waals surface area (Å²) in [5, 5.41) is 5.01. The Balaban J connectivity index is 2.90. The second-order valence-corrected chi connectivity index (χ2v) is 2.67. The second-order valence-electron chi connectivity index (χ2n) is 2.67. The Kier molecular flexibility index (Phi) is 2.12. The lowest BCUT2D eigenvalue weighted by molar-refractivity contribution is -0.139. The van der Waals surface area contributed by atoms with Gasteiger partial charge in [-0.3, -0.25) is 9.59 Å². The molecule has 0 aromatic carbocycles. The molecule has 66 valence electrons. The summed E-state index contributed by atoms with van der Waals surface area (Å²) in [6.45, 7) is 2.20. The van der Waals surface area contributed by atoms with E-state index in [4.69, 9.17) is 0 Å². The fraction of sp³-hybridized carbons (Fsp3) is 0.571. The predicted octanol–water partition coefficient (Wildman–Crippen LogP) is -0.707. The lowest BCUT2D eigenvalue weighted by Gasteiger charge is -2.07. The number of ketones is 1. The Bertz CT molecular complexity index is 257. The number of carbonyl (C=O) groups excluding carboxylic acids is 2. The lowest BCUT2D eigenvalue weighted by atomic mass is 10.3. The van der Waals surface area contributed by atoms with Crippen molar-refractivity contribution in [2.24, 2.45) is 5.10 Å². The number of hydrazone groups is 1. The fourth-order valence-electron chi connectivity index (χ4n) is 0.925. The summed E-state index contributed by atoms with van der Waals surface area (Å²) >= 11 is 0. The molecule has 0 unspecified atom stereocenters. The van der Waals surface area contributed by atoms with Crippen molar-refractivity contribution in [1.82, 2.24) is 9.91 Å². The van der Waals surface area contributed by atoms with Crippen molar-refractivity contribution in [2.75, 3.05) is 20.6 Å². The maximum atomic E-state index is 11.2. The molecule has 0 bridgehead atoms. The molecule has 0 atom stereocenters. The molecule has 1 aliphatic heterocycles. The van der Waals surface area contributed by atoms with Crippen molar-refractivity contribution < 1.29 is 9.59 Å². The van der Waals surface area contributed by atoms with Crippen LogP contribution in [0.5, 0.6) is 0 Å². The molecule has 0 aromatic rings. The van der Waals surface area contributed by atoms with Gasteiger partial charge in [0.05, 0.1) is 0 Å². The zero-order chi connectivity index (χ0) is 9.30. The zero-order valence-corrected chi connectivity index (χ0v) is 7.37. The van der Waals surface area contributed by atoms with E-state index in [1.165, 1.54) is 4.90 Å². The smallest absolute Gasteiger partial charge is 0.318 e. The molecule has 0 spiro atoms. The van der Waals surface area contributed by atoms with E-state index in [1.807, 2.05) is 0 Å². The highest BCUT2D eigenvalue weighted by Gasteiger charge is 2.33. The van der Waals surface area contributed by atoms with E-state index < -0.39 is 11.7 Å². The maximum Gasteiger partial charge on any atom is 0.318 e. The van der Waals surface area contributed by atoms with Gasteiger partial charge in [-0.15, -0.1) is 5.10 Å². The first-order valence-corrected chi connectivity index (χ1v) is 3.70. The maximum absolute atomic E-state index is 11.2. The number of Topliss-reactive ketones (excluding diaryl/α,β-unsaturated/α-hetero) is 1. The number of amides is 1. The number of rotatable bonds is 1. The van der Waals surface area contributed by atoms with Gasteiger partial charge in [-0.2, -0.15) is 0 Å². The summed E-state index contributed by atoms with van der Waals surface area (Å²) in [5.41, 5.74) is 0. The van der Waals surface area contributed by atoms with Gasteiger partial charge in [-0.25, -0.2) is 5.01 Å². The number of hydrogen-bond donors (Lipinski definition) is 0. The first-order valence-electron chi connectivity index (χ1n) is 3.70. The van der Waals surface area contributed by atoms with Gasteiger partial charge in [0, 0.05) is 20.6 Å². The van der Waals surface area contributed by atoms with Gasteiger partial charge in [0.15, 0.2) is 0 Å². The summed E-state index contributed by atoms with van der Waals surface area (Å²) in [6, 6.07) is 0. The summed E-state index contributed by atoms with van der Waals surface area (Å²) < 4.78 is 0. The average Bonchev–Trinajstić information content (AvgIpc) is 2.30. The molecular formula is C7H11N3O2. The van der Waals surface area contributed by atoms with Crippen molar-refractivity contribution in [3.8, 4) is 0 Å². The van der Waals surface area contributed by atoms with Crippen LogP contribution in [0.4, 0.5) is 0 Å². The third kappa shape index (κ3) is 1.17. The highest BCUT2D eigenvalue weighted by molar-refractivity contribution is 6.65. The molecule has 0 fully saturated rings. The summed E-state index contributed by atoms with van der Waals surface area (Å²) in [5.74, 6) is -0.857. The van der Waals surface area contributed by atoms with Crippen molar-refractivity contribution in [1.29, 1.82) is 0 Å². The van der Waals surface area contributed by atoms with Crippen LogP contribution in [0.2, 0.25) is 0 Å². The molecule has 1 heterocycles. The highest BCUT2D eigenvalue weighted by Crippen LogP contribution is 2.05. The molecule has 1 aliphatic rings. The van der Waals surface area contributed by atoms with Crippen molar-refractivity contribution in [3.05, 3.63) is 0 Å². The SMILES string of the molecule is CCN1N=C(N(C)C)C(=O)C1=O. The van der Waals surface area contributed by atoms with Gasteiger partial charge >= 0.3 is 5.91 Å². The number of hydrogen-bond acceptors (Lipinski definition) is 4. The van der Waals surface area contributed by atoms with E-state index in [0.717, 1.165) is 5.01 Å². The van der Waals surface area contributed by atoms with Gasteiger partial charge in [0.1, 0.15) is 0 Å². The zero-order valence-electron chi connectivity index (χ0n) is 7.37. The normalized spacial score (nSPS) is 16.9. The van der Waals surface area contributed by atoms with Crippen molar-refractivity contribution in [3.63, 3.8) is 0 Å². The summed E-state index contributed by atoms with van der Waals surface area (Å²) in [4.78, 5) is 23.8. The van der Waals surface area contributed by atoms with Crippen LogP contribution >= 0.6 is 0 Å². The molecular weight excluding hydrogens is 158 g/mol. The van der Waals surface area contributed by atoms with E-state index in [0.29, 0.717) is 6.54 Å². The lowest BCUT2D eigenvalue weighted by Crippen LogP contribution is -2.32. The average molecular weight is 169 g/mol. The van der Waals surface area contributed by atoms with Gasteiger partial charge in [0.2, 0.25) is 5.84 Å². The van der Waals surface area contributed by atoms with Crippen LogP contribution in [0.25, 0.3) is 0 Å². The van der Waals surface area contributed by atoms with Gasteiger partial charge in [-0.1, -0.05) is 0 Å². The van der Waals surface area contributed by atoms with E-state index in [-0.39, 0.29) is 5.84 Å². The minimum Gasteiger partial charge on any atom is -0.358 e. The fourth-order valence-corrected chi connectivity index (χ4v) is 0.925. The van der Waals surface area contributed by atoms with Crippen LogP contribution in [0.3, 0.4) is 0 Å². The first kappa shape index (κ1) is 8.70. The van der Waals surface area contributed by atoms with Crippen molar-refractivity contribution in [2.45, 2.75) is 6.92 Å². The number of amidine groups is 1. The second kappa shape index (κ2) is 2.92. The first-order chi connectivity index (χ1) is 5.57. The minimum absolute atomic E-state index is 0.210. The quantitative estimate of drug-likeness (QED) is 0.487. The molecule has 0 aliphatic carbocycles. The minimum atomic E-state index is -0.541. The monoisotopic (exact) mass is 169 g/mol. The van der Waals surface area contributed by atoms with Gasteiger partial charge < -0.3 is 4.90 Å². The van der Waals surface area contributed by atoms with E-state index in [1.54, 1.807) is 21.0 Å². The van der Waals surface area contributed by atoms with Crippen LogP contribution in [-0.4, -0.2) is 48.1 Å². The molecule has 0 aromatic heterocycles. The van der Waals surface area contributed by atoms with Gasteiger partial charge in [0.25, 0.3) is 5.78 Å². The molecule has 5 nitrogen and oxygen atoms in total. The van der Waals surface area contributed by atoms with E-state index >= 15 is 0 Å². The number of carbonyl (C=O) groups is 2. The van der Waals surface area contributed by atoms with Crippen LogP contribution in [0, 0.1) is 0 Å². The Morgan fingerprint density at radius 1 is 1.42 bits per heavy atom. The van der Waals surface area contributed by atoms with Crippen molar-refractivity contribution >= 4 is 17.5 Å². The predicted molar refractivity (Wildman–Crippen MR) is 43.5 cm³/mol. The third-order valence-corrected chi connectivity index (χ3v) is 1.57. The standard InChI is InChI=1S/C7H11N3O2/c1-4-10-7(12)5(11)6(8-10)9(2)3/h4H2,1-3H3. The molecule has 0 saturated heterocycles. The molecule has 0 saturated carbocycles.